The molecule has 0 spiro atoms. The predicted molar refractivity (Wildman–Crippen MR) is 111 cm³/mol. The lowest BCUT2D eigenvalue weighted by Gasteiger charge is -2.33. The molecule has 0 aliphatic carbocycles. The van der Waals surface area contributed by atoms with Crippen LogP contribution >= 0.6 is 23.8 Å². The van der Waals surface area contributed by atoms with Gasteiger partial charge >= 0.3 is 0 Å². The highest BCUT2D eigenvalue weighted by Crippen LogP contribution is 2.19. The molecule has 2 unspecified atom stereocenters. The number of likely N-dealkylation sites (tertiary alicyclic amines) is 1. The maximum atomic E-state index is 5.98. The smallest absolute Gasteiger partial charge is 0.187 e. The summed E-state index contributed by atoms with van der Waals surface area (Å²) in [6.45, 7) is 3.60. The van der Waals surface area contributed by atoms with Gasteiger partial charge in [-0.15, -0.1) is 0 Å². The molecule has 3 rings (SSSR count). The average Bonchev–Trinajstić information content (AvgIpc) is 3.17. The fourth-order valence-corrected chi connectivity index (χ4v) is 3.70. The number of hydrazone groups is 1. The average molecular weight is 395 g/mol. The van der Waals surface area contributed by atoms with E-state index in [2.05, 4.69) is 32.9 Å². The van der Waals surface area contributed by atoms with E-state index < -0.39 is 0 Å². The molecule has 2 heterocycles. The highest BCUT2D eigenvalue weighted by atomic mass is 35.5. The van der Waals surface area contributed by atoms with Gasteiger partial charge in [-0.3, -0.25) is 10.3 Å². The van der Waals surface area contributed by atoms with Crippen molar-refractivity contribution >= 4 is 35.1 Å². The van der Waals surface area contributed by atoms with Crippen LogP contribution in [-0.2, 0) is 11.3 Å². The summed E-state index contributed by atoms with van der Waals surface area (Å²) in [5, 5.41) is 8.87. The number of benzene rings is 1. The number of halogens is 1. The van der Waals surface area contributed by atoms with E-state index in [4.69, 9.17) is 28.6 Å². The summed E-state index contributed by atoms with van der Waals surface area (Å²) in [5.74, 6) is 0. The maximum Gasteiger partial charge on any atom is 0.187 e. The zero-order valence-electron chi connectivity index (χ0n) is 15.0. The van der Waals surface area contributed by atoms with Gasteiger partial charge < -0.3 is 10.1 Å². The Balaban J connectivity index is 1.45. The van der Waals surface area contributed by atoms with Gasteiger partial charge in [-0.25, -0.2) is 0 Å². The molecule has 7 heteroatoms. The number of ether oxygens (including phenoxy) is 1. The number of rotatable bonds is 6. The van der Waals surface area contributed by atoms with Crippen LogP contribution in [0.25, 0.3) is 0 Å². The minimum absolute atomic E-state index is 0.270. The van der Waals surface area contributed by atoms with Crippen LogP contribution in [-0.4, -0.2) is 48.1 Å². The van der Waals surface area contributed by atoms with E-state index in [1.807, 2.05) is 18.3 Å². The largest absolute Gasteiger partial charge is 0.376 e. The van der Waals surface area contributed by atoms with Gasteiger partial charge in [0, 0.05) is 37.0 Å². The summed E-state index contributed by atoms with van der Waals surface area (Å²) in [6, 6.07) is 8.40. The molecule has 0 radical (unpaired) electrons. The zero-order chi connectivity index (χ0) is 18.2. The lowest BCUT2D eigenvalue weighted by molar-refractivity contribution is 0.114. The first-order valence-electron chi connectivity index (χ1n) is 9.38. The van der Waals surface area contributed by atoms with Crippen molar-refractivity contribution in [3.63, 3.8) is 0 Å². The highest BCUT2D eigenvalue weighted by molar-refractivity contribution is 7.80. The van der Waals surface area contributed by atoms with E-state index in [9.17, 15) is 0 Å². The molecule has 5 nitrogen and oxygen atoms in total. The first kappa shape index (κ1) is 19.5. The third-order valence-electron chi connectivity index (χ3n) is 4.89. The molecule has 1 aromatic carbocycles. The van der Waals surface area contributed by atoms with Crippen LogP contribution < -0.4 is 10.7 Å². The van der Waals surface area contributed by atoms with Crippen molar-refractivity contribution in [3.05, 3.63) is 34.9 Å². The van der Waals surface area contributed by atoms with Crippen LogP contribution in [0, 0.1) is 0 Å². The highest BCUT2D eigenvalue weighted by Gasteiger charge is 2.21. The third-order valence-corrected chi connectivity index (χ3v) is 5.38. The molecule has 2 fully saturated rings. The number of thiocarbonyl (C=S) groups is 1. The maximum absolute atomic E-state index is 5.98. The van der Waals surface area contributed by atoms with E-state index in [-0.39, 0.29) is 6.10 Å². The quantitative estimate of drug-likeness (QED) is 0.440. The summed E-state index contributed by atoms with van der Waals surface area (Å²) in [5.41, 5.74) is 4.21. The first-order valence-corrected chi connectivity index (χ1v) is 10.2. The van der Waals surface area contributed by atoms with Gasteiger partial charge in [0.25, 0.3) is 0 Å². The molecule has 2 saturated heterocycles. The molecule has 2 atom stereocenters. The van der Waals surface area contributed by atoms with Crippen molar-refractivity contribution in [2.75, 3.05) is 19.7 Å². The first-order chi connectivity index (χ1) is 12.7. The van der Waals surface area contributed by atoms with Crippen molar-refractivity contribution in [3.8, 4) is 0 Å². The monoisotopic (exact) mass is 394 g/mol. The standard InChI is InChI=1S/C19H27ClN4OS/c20-16-8-6-15(7-9-16)14-24-10-2-1-4-17(24)12-22-23-19(26)21-13-18-5-3-11-25-18/h6-9,12,17-18H,1-5,10-11,13-14H2,(H2,21,23,26). The Hall–Kier alpha value is -1.21. The molecule has 0 aromatic heterocycles. The van der Waals surface area contributed by atoms with Gasteiger partial charge in [0.15, 0.2) is 5.11 Å². The molecule has 2 aliphatic rings. The second-order valence-corrected chi connectivity index (χ2v) is 7.74. The second-order valence-electron chi connectivity index (χ2n) is 6.90. The Morgan fingerprint density at radius 1 is 1.27 bits per heavy atom. The number of nitrogens with zero attached hydrogens (tertiary/aromatic N) is 2. The SMILES string of the molecule is S=C(NCC1CCCO1)NN=CC1CCCCN1Cc1ccc(Cl)cc1. The minimum atomic E-state index is 0.270. The van der Waals surface area contributed by atoms with E-state index in [0.29, 0.717) is 11.2 Å². The van der Waals surface area contributed by atoms with Crippen molar-refractivity contribution in [1.82, 2.24) is 15.6 Å². The van der Waals surface area contributed by atoms with Gasteiger partial charge in [-0.1, -0.05) is 30.2 Å². The molecule has 1 aromatic rings. The molecule has 0 bridgehead atoms. The Morgan fingerprint density at radius 2 is 2.12 bits per heavy atom. The van der Waals surface area contributed by atoms with Gasteiger partial charge in [-0.2, -0.15) is 5.10 Å². The Labute approximate surface area is 166 Å². The number of hydrogen-bond acceptors (Lipinski definition) is 4. The summed E-state index contributed by atoms with van der Waals surface area (Å²) in [4.78, 5) is 2.46. The summed E-state index contributed by atoms with van der Waals surface area (Å²) in [6.07, 6.45) is 8.06. The van der Waals surface area contributed by atoms with Gasteiger partial charge in [0.1, 0.15) is 0 Å². The van der Waals surface area contributed by atoms with Crippen molar-refractivity contribution in [1.29, 1.82) is 0 Å². The van der Waals surface area contributed by atoms with Crippen LogP contribution in [0.15, 0.2) is 29.4 Å². The summed E-state index contributed by atoms with van der Waals surface area (Å²) >= 11 is 11.3. The number of nitrogens with one attached hydrogen (secondary N) is 2. The van der Waals surface area contributed by atoms with Crippen molar-refractivity contribution in [2.45, 2.75) is 50.8 Å². The minimum Gasteiger partial charge on any atom is -0.376 e. The van der Waals surface area contributed by atoms with Crippen LogP contribution in [0.4, 0.5) is 0 Å². The van der Waals surface area contributed by atoms with Crippen molar-refractivity contribution in [2.24, 2.45) is 5.10 Å². The third kappa shape index (κ3) is 6.20. The fourth-order valence-electron chi connectivity index (χ4n) is 3.44. The molecule has 0 saturated carbocycles. The Kier molecular flexibility index (Phi) is 7.68. The molecule has 26 heavy (non-hydrogen) atoms. The van der Waals surface area contributed by atoms with Gasteiger partial charge in [0.05, 0.1) is 6.10 Å². The second kappa shape index (κ2) is 10.2. The van der Waals surface area contributed by atoms with Crippen LogP contribution in [0.1, 0.15) is 37.7 Å². The topological polar surface area (TPSA) is 48.9 Å². The summed E-state index contributed by atoms with van der Waals surface area (Å²) < 4.78 is 5.58. The summed E-state index contributed by atoms with van der Waals surface area (Å²) in [7, 11) is 0. The van der Waals surface area contributed by atoms with Crippen LogP contribution in [0.3, 0.4) is 0 Å². The van der Waals surface area contributed by atoms with Crippen LogP contribution in [0.5, 0.6) is 0 Å². The zero-order valence-corrected chi connectivity index (χ0v) is 16.6. The molecule has 142 valence electrons. The lowest BCUT2D eigenvalue weighted by Crippen LogP contribution is -2.41. The van der Waals surface area contributed by atoms with Gasteiger partial charge in [0.2, 0.25) is 0 Å². The number of hydrogen-bond donors (Lipinski definition) is 2. The van der Waals surface area contributed by atoms with E-state index in [1.54, 1.807) is 0 Å². The molecular weight excluding hydrogens is 368 g/mol. The van der Waals surface area contributed by atoms with E-state index >= 15 is 0 Å². The van der Waals surface area contributed by atoms with Crippen LogP contribution in [0.2, 0.25) is 5.02 Å². The number of piperidine rings is 1. The normalized spacial score (nSPS) is 24.0. The van der Waals surface area contributed by atoms with Gasteiger partial charge in [-0.05, 0) is 62.1 Å². The Morgan fingerprint density at radius 3 is 2.88 bits per heavy atom. The molecule has 0 amide bonds. The fraction of sp³-hybridized carbons (Fsp3) is 0.579. The van der Waals surface area contributed by atoms with E-state index in [1.165, 1.54) is 18.4 Å². The Bertz CT molecular complexity index is 604. The molecule has 2 N–H and O–H groups in total. The van der Waals surface area contributed by atoms with E-state index in [0.717, 1.165) is 50.5 Å². The molecular formula is C19H27ClN4OS. The molecule has 2 aliphatic heterocycles. The lowest BCUT2D eigenvalue weighted by atomic mass is 10.0. The predicted octanol–water partition coefficient (Wildman–Crippen LogP) is 3.32. The van der Waals surface area contributed by atoms with Crippen molar-refractivity contribution < 1.29 is 4.74 Å².